The van der Waals surface area contributed by atoms with Crippen LogP contribution in [0.15, 0.2) is 48.5 Å². The fraction of sp³-hybridized carbons (Fsp3) is 0.200. The Balaban J connectivity index is 2.04. The Hall–Kier alpha value is -1.03. The lowest BCUT2D eigenvalue weighted by molar-refractivity contribution is 0.306. The molecule has 0 aromatic heterocycles. The zero-order valence-electron chi connectivity index (χ0n) is 9.82. The molecular weight excluding hydrogens is 323 g/mol. The molecule has 2 aromatic rings. The van der Waals surface area contributed by atoms with Crippen molar-refractivity contribution >= 4 is 22.6 Å². The van der Waals surface area contributed by atoms with Crippen molar-refractivity contribution in [3.8, 4) is 5.75 Å². The van der Waals surface area contributed by atoms with Crippen LogP contribution in [0.4, 0.5) is 0 Å². The van der Waals surface area contributed by atoms with Crippen molar-refractivity contribution in [2.75, 3.05) is 0 Å². The van der Waals surface area contributed by atoms with Gasteiger partial charge in [0.15, 0.2) is 0 Å². The van der Waals surface area contributed by atoms with Gasteiger partial charge in [0.2, 0.25) is 0 Å². The Kier molecular flexibility index (Phi) is 4.42. The number of benzene rings is 2. The molecule has 2 heteroatoms. The number of hydrogen-bond donors (Lipinski definition) is 0. The quantitative estimate of drug-likeness (QED) is 0.750. The maximum absolute atomic E-state index is 5.79. The second kappa shape index (κ2) is 6.05. The molecule has 0 spiro atoms. The summed E-state index contributed by atoms with van der Waals surface area (Å²) in [7, 11) is 0. The van der Waals surface area contributed by atoms with Crippen molar-refractivity contribution in [2.45, 2.75) is 20.0 Å². The molecule has 0 aliphatic rings. The Morgan fingerprint density at radius 1 is 1.06 bits per heavy atom. The Morgan fingerprint density at radius 2 is 1.82 bits per heavy atom. The van der Waals surface area contributed by atoms with E-state index in [-0.39, 0.29) is 0 Å². The lowest BCUT2D eigenvalue weighted by atomic mass is 10.2. The first kappa shape index (κ1) is 12.4. The summed E-state index contributed by atoms with van der Waals surface area (Å²) < 4.78 is 7.09. The van der Waals surface area contributed by atoms with Gasteiger partial charge in [-0.25, -0.2) is 0 Å². The summed E-state index contributed by atoms with van der Waals surface area (Å²) in [6.45, 7) is 2.79. The van der Waals surface area contributed by atoms with Gasteiger partial charge in [-0.15, -0.1) is 0 Å². The Morgan fingerprint density at radius 3 is 2.53 bits per heavy atom. The van der Waals surface area contributed by atoms with Crippen molar-refractivity contribution in [3.63, 3.8) is 0 Å². The van der Waals surface area contributed by atoms with Crippen molar-refractivity contribution < 1.29 is 4.74 Å². The number of hydrogen-bond acceptors (Lipinski definition) is 1. The minimum absolute atomic E-state index is 0.630. The van der Waals surface area contributed by atoms with Crippen LogP contribution in [0, 0.1) is 3.57 Å². The zero-order chi connectivity index (χ0) is 12.1. The van der Waals surface area contributed by atoms with E-state index in [1.54, 1.807) is 0 Å². The van der Waals surface area contributed by atoms with Gasteiger partial charge in [0, 0.05) is 3.57 Å². The highest BCUT2D eigenvalue weighted by Gasteiger charge is 2.01. The van der Waals surface area contributed by atoms with E-state index in [0.717, 1.165) is 12.2 Å². The molecule has 0 N–H and O–H groups in total. The molecule has 0 atom stereocenters. The van der Waals surface area contributed by atoms with Crippen molar-refractivity contribution in [1.82, 2.24) is 0 Å². The molecule has 0 fully saturated rings. The van der Waals surface area contributed by atoms with Crippen molar-refractivity contribution in [1.29, 1.82) is 0 Å². The maximum atomic E-state index is 5.79. The molecular formula is C15H15IO. The third-order valence-corrected chi connectivity index (χ3v) is 3.70. The van der Waals surface area contributed by atoms with Gasteiger partial charge in [-0.3, -0.25) is 0 Å². The smallest absolute Gasteiger partial charge is 0.120 e. The van der Waals surface area contributed by atoms with Gasteiger partial charge in [-0.05, 0) is 58.3 Å². The van der Waals surface area contributed by atoms with Crippen LogP contribution in [-0.4, -0.2) is 0 Å². The summed E-state index contributed by atoms with van der Waals surface area (Å²) in [6.07, 6.45) is 1.04. The molecule has 0 aliphatic heterocycles. The molecule has 17 heavy (non-hydrogen) atoms. The van der Waals surface area contributed by atoms with Crippen LogP contribution in [0.1, 0.15) is 18.1 Å². The van der Waals surface area contributed by atoms with E-state index < -0.39 is 0 Å². The van der Waals surface area contributed by atoms with E-state index in [0.29, 0.717) is 6.61 Å². The molecule has 0 radical (unpaired) electrons. The minimum atomic E-state index is 0.630. The molecule has 2 rings (SSSR count). The highest BCUT2D eigenvalue weighted by atomic mass is 127. The number of aryl methyl sites for hydroxylation is 1. The standard InChI is InChI=1S/C15H15IO/c1-2-13-10-14(8-9-15(13)16)17-11-12-6-4-3-5-7-12/h3-10H,2,11H2,1H3. The maximum Gasteiger partial charge on any atom is 0.120 e. The summed E-state index contributed by atoms with van der Waals surface area (Å²) in [6, 6.07) is 16.5. The predicted octanol–water partition coefficient (Wildman–Crippen LogP) is 4.43. The SMILES string of the molecule is CCc1cc(OCc2ccccc2)ccc1I. The number of rotatable bonds is 4. The van der Waals surface area contributed by atoms with Crippen LogP contribution in [0.5, 0.6) is 5.75 Å². The van der Waals surface area contributed by atoms with E-state index >= 15 is 0 Å². The molecule has 0 bridgehead atoms. The summed E-state index contributed by atoms with van der Waals surface area (Å²) in [4.78, 5) is 0. The van der Waals surface area contributed by atoms with E-state index in [1.165, 1.54) is 14.7 Å². The highest BCUT2D eigenvalue weighted by molar-refractivity contribution is 14.1. The van der Waals surface area contributed by atoms with Crippen molar-refractivity contribution in [2.24, 2.45) is 0 Å². The summed E-state index contributed by atoms with van der Waals surface area (Å²) in [5.74, 6) is 0.950. The average Bonchev–Trinajstić information content (AvgIpc) is 2.39. The summed E-state index contributed by atoms with van der Waals surface area (Å²) in [5.41, 5.74) is 2.54. The first-order valence-electron chi connectivity index (χ1n) is 5.74. The molecule has 0 amide bonds. The molecule has 0 unspecified atom stereocenters. The first-order chi connectivity index (χ1) is 8.29. The molecule has 1 nitrogen and oxygen atoms in total. The third kappa shape index (κ3) is 3.46. The highest BCUT2D eigenvalue weighted by Crippen LogP contribution is 2.20. The van der Waals surface area contributed by atoms with Gasteiger partial charge < -0.3 is 4.74 Å². The number of ether oxygens (including phenoxy) is 1. The van der Waals surface area contributed by atoms with Crippen LogP contribution in [0.25, 0.3) is 0 Å². The van der Waals surface area contributed by atoms with Crippen LogP contribution >= 0.6 is 22.6 Å². The zero-order valence-corrected chi connectivity index (χ0v) is 12.0. The molecule has 88 valence electrons. The van der Waals surface area contributed by atoms with Gasteiger partial charge >= 0.3 is 0 Å². The van der Waals surface area contributed by atoms with Gasteiger partial charge in [-0.2, -0.15) is 0 Å². The van der Waals surface area contributed by atoms with Crippen LogP contribution in [0.2, 0.25) is 0 Å². The Bertz CT molecular complexity index is 480. The normalized spacial score (nSPS) is 10.2. The lowest BCUT2D eigenvalue weighted by Gasteiger charge is -2.08. The van der Waals surface area contributed by atoms with E-state index in [9.17, 15) is 0 Å². The van der Waals surface area contributed by atoms with Crippen LogP contribution in [-0.2, 0) is 13.0 Å². The second-order valence-corrected chi connectivity index (χ2v) is 5.04. The molecule has 0 saturated carbocycles. The molecule has 0 aliphatic carbocycles. The fourth-order valence-electron chi connectivity index (χ4n) is 1.65. The van der Waals surface area contributed by atoms with Gasteiger partial charge in [0.25, 0.3) is 0 Å². The molecule has 0 heterocycles. The van der Waals surface area contributed by atoms with E-state index in [1.807, 2.05) is 24.3 Å². The lowest BCUT2D eigenvalue weighted by Crippen LogP contribution is -1.96. The largest absolute Gasteiger partial charge is 0.489 e. The predicted molar refractivity (Wildman–Crippen MR) is 79.3 cm³/mol. The van der Waals surface area contributed by atoms with Crippen LogP contribution < -0.4 is 4.74 Å². The van der Waals surface area contributed by atoms with Crippen LogP contribution in [0.3, 0.4) is 0 Å². The monoisotopic (exact) mass is 338 g/mol. The van der Waals surface area contributed by atoms with E-state index in [2.05, 4.69) is 53.8 Å². The summed E-state index contributed by atoms with van der Waals surface area (Å²) in [5, 5.41) is 0. The molecule has 0 saturated heterocycles. The summed E-state index contributed by atoms with van der Waals surface area (Å²) >= 11 is 2.36. The minimum Gasteiger partial charge on any atom is -0.489 e. The Labute approximate surface area is 116 Å². The van der Waals surface area contributed by atoms with Gasteiger partial charge in [-0.1, -0.05) is 37.3 Å². The fourth-order valence-corrected chi connectivity index (χ4v) is 2.37. The van der Waals surface area contributed by atoms with Gasteiger partial charge in [0.05, 0.1) is 0 Å². The molecule has 2 aromatic carbocycles. The topological polar surface area (TPSA) is 9.23 Å². The van der Waals surface area contributed by atoms with E-state index in [4.69, 9.17) is 4.74 Å². The first-order valence-corrected chi connectivity index (χ1v) is 6.82. The average molecular weight is 338 g/mol. The van der Waals surface area contributed by atoms with Gasteiger partial charge in [0.1, 0.15) is 12.4 Å². The third-order valence-electron chi connectivity index (χ3n) is 2.65. The second-order valence-electron chi connectivity index (χ2n) is 3.88. The van der Waals surface area contributed by atoms with Crippen molar-refractivity contribution in [3.05, 3.63) is 63.2 Å². The number of halogens is 1.